The molecule has 0 fully saturated rings. The van der Waals surface area contributed by atoms with E-state index in [1.54, 1.807) is 0 Å². The van der Waals surface area contributed by atoms with Crippen molar-refractivity contribution >= 4 is 16.9 Å². The number of fused-ring (bicyclic) bond motifs is 1. The lowest BCUT2D eigenvalue weighted by Crippen LogP contribution is -2.26. The minimum atomic E-state index is -0.551. The Kier molecular flexibility index (Phi) is 5.87. The number of furan rings is 1. The van der Waals surface area contributed by atoms with Gasteiger partial charge in [0.15, 0.2) is 0 Å². The second kappa shape index (κ2) is 7.79. The molecule has 0 aliphatic carbocycles. The maximum absolute atomic E-state index is 12.4. The van der Waals surface area contributed by atoms with Crippen molar-refractivity contribution < 1.29 is 13.9 Å². The highest BCUT2D eigenvalue weighted by molar-refractivity contribution is 5.87. The fourth-order valence-corrected chi connectivity index (χ4v) is 3.78. The standard InChI is InChI=1S/C29H38O3/c1-17-12-19(13-18(2)24(17)32-26(30)29(9,10)11)23-15-20-14-21(27(3,4)5)16-22(25(20)31-23)28(6,7)8/h12-16H,1-11H3. The molecule has 3 aromatic rings. The van der Waals surface area contributed by atoms with Gasteiger partial charge in [0.1, 0.15) is 17.1 Å². The molecule has 0 aliphatic heterocycles. The van der Waals surface area contributed by atoms with E-state index in [4.69, 9.17) is 9.15 Å². The average molecular weight is 435 g/mol. The van der Waals surface area contributed by atoms with Crippen LogP contribution in [-0.4, -0.2) is 5.97 Å². The average Bonchev–Trinajstić information content (AvgIpc) is 3.05. The zero-order valence-electron chi connectivity index (χ0n) is 21.6. The van der Waals surface area contributed by atoms with E-state index < -0.39 is 5.41 Å². The van der Waals surface area contributed by atoms with Gasteiger partial charge in [-0.05, 0) is 86.4 Å². The van der Waals surface area contributed by atoms with Crippen LogP contribution in [0.2, 0.25) is 0 Å². The first-order chi connectivity index (χ1) is 14.5. The Hall–Kier alpha value is -2.55. The molecule has 32 heavy (non-hydrogen) atoms. The smallest absolute Gasteiger partial charge is 0.316 e. The van der Waals surface area contributed by atoms with E-state index in [-0.39, 0.29) is 16.8 Å². The topological polar surface area (TPSA) is 39.4 Å². The van der Waals surface area contributed by atoms with Crippen molar-refractivity contribution in [2.24, 2.45) is 5.41 Å². The van der Waals surface area contributed by atoms with Gasteiger partial charge in [0, 0.05) is 16.5 Å². The van der Waals surface area contributed by atoms with Crippen molar-refractivity contribution in [3.63, 3.8) is 0 Å². The minimum Gasteiger partial charge on any atom is -0.456 e. The second-order valence-electron chi connectivity index (χ2n) is 12.1. The molecule has 0 spiro atoms. The first-order valence-electron chi connectivity index (χ1n) is 11.4. The molecule has 0 amide bonds. The highest BCUT2D eigenvalue weighted by Crippen LogP contribution is 2.40. The number of hydrogen-bond acceptors (Lipinski definition) is 3. The quantitative estimate of drug-likeness (QED) is 0.301. The lowest BCUT2D eigenvalue weighted by atomic mass is 9.80. The van der Waals surface area contributed by atoms with Crippen molar-refractivity contribution in [3.8, 4) is 17.1 Å². The monoisotopic (exact) mass is 434 g/mol. The molecule has 0 saturated carbocycles. The Labute approximate surface area is 193 Å². The Morgan fingerprint density at radius 1 is 0.781 bits per heavy atom. The second-order valence-corrected chi connectivity index (χ2v) is 12.1. The molecule has 0 radical (unpaired) electrons. The fraction of sp³-hybridized carbons (Fsp3) is 0.483. The summed E-state index contributed by atoms with van der Waals surface area (Å²) in [6, 6.07) is 10.8. The summed E-state index contributed by atoms with van der Waals surface area (Å²) in [5.41, 5.74) is 5.76. The summed E-state index contributed by atoms with van der Waals surface area (Å²) in [6.45, 7) is 22.9. The van der Waals surface area contributed by atoms with Gasteiger partial charge >= 0.3 is 5.97 Å². The van der Waals surface area contributed by atoms with Crippen LogP contribution in [0, 0.1) is 19.3 Å². The van der Waals surface area contributed by atoms with E-state index in [9.17, 15) is 4.79 Å². The SMILES string of the molecule is Cc1cc(-c2cc3cc(C(C)(C)C)cc(C(C)(C)C)c3o2)cc(C)c1OC(=O)C(C)(C)C. The number of esters is 1. The first-order valence-corrected chi connectivity index (χ1v) is 11.4. The van der Waals surface area contributed by atoms with Crippen LogP contribution in [0.15, 0.2) is 34.7 Å². The van der Waals surface area contributed by atoms with Crippen molar-refractivity contribution in [1.29, 1.82) is 0 Å². The molecule has 1 aromatic heterocycles. The largest absolute Gasteiger partial charge is 0.456 e. The van der Waals surface area contributed by atoms with Crippen LogP contribution >= 0.6 is 0 Å². The van der Waals surface area contributed by atoms with Crippen molar-refractivity contribution in [2.45, 2.75) is 87.0 Å². The maximum Gasteiger partial charge on any atom is 0.316 e. The third-order valence-electron chi connectivity index (χ3n) is 5.84. The number of aryl methyl sites for hydroxylation is 2. The molecule has 2 aromatic carbocycles. The van der Waals surface area contributed by atoms with Crippen LogP contribution in [0.3, 0.4) is 0 Å². The zero-order chi connectivity index (χ0) is 24.2. The third-order valence-corrected chi connectivity index (χ3v) is 5.84. The Bertz CT molecular complexity index is 1150. The van der Waals surface area contributed by atoms with Crippen molar-refractivity contribution in [2.75, 3.05) is 0 Å². The van der Waals surface area contributed by atoms with E-state index >= 15 is 0 Å². The maximum atomic E-state index is 12.4. The van der Waals surface area contributed by atoms with Crippen LogP contribution in [0.25, 0.3) is 22.3 Å². The van der Waals surface area contributed by atoms with E-state index in [1.807, 2.05) is 46.8 Å². The van der Waals surface area contributed by atoms with Crippen LogP contribution in [0.1, 0.15) is 84.6 Å². The molecule has 1 heterocycles. The predicted molar refractivity (Wildman–Crippen MR) is 134 cm³/mol. The summed E-state index contributed by atoms with van der Waals surface area (Å²) in [7, 11) is 0. The normalized spacial score (nSPS) is 13.0. The van der Waals surface area contributed by atoms with Gasteiger partial charge in [-0.25, -0.2) is 0 Å². The van der Waals surface area contributed by atoms with E-state index in [2.05, 4.69) is 59.7 Å². The van der Waals surface area contributed by atoms with Gasteiger partial charge < -0.3 is 9.15 Å². The van der Waals surface area contributed by atoms with E-state index in [0.717, 1.165) is 33.4 Å². The lowest BCUT2D eigenvalue weighted by Gasteiger charge is -2.25. The summed E-state index contributed by atoms with van der Waals surface area (Å²) in [5, 5.41) is 1.12. The predicted octanol–water partition coefficient (Wildman–Crippen LogP) is 8.26. The Balaban J connectivity index is 2.13. The Morgan fingerprint density at radius 3 is 1.81 bits per heavy atom. The third kappa shape index (κ3) is 4.77. The molecule has 0 unspecified atom stereocenters. The molecular weight excluding hydrogens is 396 g/mol. The number of rotatable bonds is 2. The van der Waals surface area contributed by atoms with Crippen LogP contribution in [-0.2, 0) is 15.6 Å². The molecular formula is C29H38O3. The summed E-state index contributed by atoms with van der Waals surface area (Å²) < 4.78 is 12.2. The number of ether oxygens (including phenoxy) is 1. The molecule has 0 bridgehead atoms. The highest BCUT2D eigenvalue weighted by Gasteiger charge is 2.27. The van der Waals surface area contributed by atoms with Gasteiger partial charge in [-0.1, -0.05) is 47.6 Å². The first kappa shape index (κ1) is 24.1. The molecule has 0 N–H and O–H groups in total. The molecule has 3 heteroatoms. The molecule has 3 nitrogen and oxygen atoms in total. The number of hydrogen-bond donors (Lipinski definition) is 0. The highest BCUT2D eigenvalue weighted by atomic mass is 16.5. The molecule has 172 valence electrons. The van der Waals surface area contributed by atoms with Gasteiger partial charge in [-0.15, -0.1) is 0 Å². The zero-order valence-corrected chi connectivity index (χ0v) is 21.6. The summed E-state index contributed by atoms with van der Waals surface area (Å²) >= 11 is 0. The summed E-state index contributed by atoms with van der Waals surface area (Å²) in [4.78, 5) is 12.4. The number of carbonyl (C=O) groups is 1. The lowest BCUT2D eigenvalue weighted by molar-refractivity contribution is -0.143. The summed E-state index contributed by atoms with van der Waals surface area (Å²) in [5.74, 6) is 1.23. The molecule has 3 rings (SSSR count). The van der Waals surface area contributed by atoms with Crippen LogP contribution in [0.4, 0.5) is 0 Å². The van der Waals surface area contributed by atoms with Crippen molar-refractivity contribution in [3.05, 3.63) is 52.6 Å². The van der Waals surface area contributed by atoms with Gasteiger partial charge in [0.2, 0.25) is 0 Å². The van der Waals surface area contributed by atoms with E-state index in [1.165, 1.54) is 11.1 Å². The van der Waals surface area contributed by atoms with E-state index in [0.29, 0.717) is 5.75 Å². The molecule has 0 aliphatic rings. The fourth-order valence-electron chi connectivity index (χ4n) is 3.78. The molecule has 0 atom stereocenters. The van der Waals surface area contributed by atoms with Gasteiger partial charge in [0.25, 0.3) is 0 Å². The summed E-state index contributed by atoms with van der Waals surface area (Å²) in [6.07, 6.45) is 0. The van der Waals surface area contributed by atoms with Crippen molar-refractivity contribution in [1.82, 2.24) is 0 Å². The van der Waals surface area contributed by atoms with Gasteiger partial charge in [-0.3, -0.25) is 4.79 Å². The molecule has 0 saturated heterocycles. The van der Waals surface area contributed by atoms with Gasteiger partial charge in [-0.2, -0.15) is 0 Å². The van der Waals surface area contributed by atoms with Gasteiger partial charge in [0.05, 0.1) is 5.41 Å². The van der Waals surface area contributed by atoms with Crippen LogP contribution in [0.5, 0.6) is 5.75 Å². The number of carbonyl (C=O) groups excluding carboxylic acids is 1. The minimum absolute atomic E-state index is 0.0362. The number of benzene rings is 2. The Morgan fingerprint density at radius 2 is 1.34 bits per heavy atom. The van der Waals surface area contributed by atoms with Crippen LogP contribution < -0.4 is 4.74 Å².